The monoisotopic (exact) mass is 265 g/mol. The third kappa shape index (κ3) is 5.39. The fourth-order valence-corrected chi connectivity index (χ4v) is 1.51. The molecule has 1 aromatic carbocycles. The van der Waals surface area contributed by atoms with E-state index >= 15 is 0 Å². The highest BCUT2D eigenvalue weighted by Crippen LogP contribution is 2.12. The number of rotatable bonds is 6. The van der Waals surface area contributed by atoms with Gasteiger partial charge in [0.2, 0.25) is 0 Å². The van der Waals surface area contributed by atoms with E-state index in [4.69, 9.17) is 5.11 Å². The van der Waals surface area contributed by atoms with Gasteiger partial charge in [0.1, 0.15) is 6.54 Å². The summed E-state index contributed by atoms with van der Waals surface area (Å²) in [6, 6.07) is 8.33. The van der Waals surface area contributed by atoms with E-state index in [1.54, 1.807) is 24.3 Å². The second-order valence-electron chi connectivity index (χ2n) is 4.35. The minimum Gasteiger partial charge on any atom is -0.480 e. The molecule has 0 atom stereocenters. The minimum absolute atomic E-state index is 0.363. The van der Waals surface area contributed by atoms with Crippen LogP contribution in [-0.2, 0) is 4.79 Å². The molecule has 1 rings (SSSR count). The SMILES string of the molecule is CN(C)CCNC(=O)N(CC(=O)O)c1ccccc1. The number of aliphatic carboxylic acids is 1. The zero-order chi connectivity index (χ0) is 14.3. The van der Waals surface area contributed by atoms with Crippen LogP contribution in [0.15, 0.2) is 30.3 Å². The van der Waals surface area contributed by atoms with Crippen molar-refractivity contribution in [3.05, 3.63) is 30.3 Å². The number of amides is 2. The fraction of sp³-hybridized carbons (Fsp3) is 0.385. The molecular weight excluding hydrogens is 246 g/mol. The van der Waals surface area contributed by atoms with E-state index < -0.39 is 12.0 Å². The summed E-state index contributed by atoms with van der Waals surface area (Å²) in [5, 5.41) is 11.6. The lowest BCUT2D eigenvalue weighted by Crippen LogP contribution is -2.44. The van der Waals surface area contributed by atoms with E-state index in [0.29, 0.717) is 18.8 Å². The Morgan fingerprint density at radius 3 is 2.37 bits per heavy atom. The molecule has 0 spiro atoms. The van der Waals surface area contributed by atoms with Crippen LogP contribution in [0.4, 0.5) is 10.5 Å². The van der Waals surface area contributed by atoms with Gasteiger partial charge < -0.3 is 15.3 Å². The molecule has 6 heteroatoms. The number of benzene rings is 1. The first-order chi connectivity index (χ1) is 9.00. The highest BCUT2D eigenvalue weighted by atomic mass is 16.4. The van der Waals surface area contributed by atoms with Gasteiger partial charge in [-0.2, -0.15) is 0 Å². The summed E-state index contributed by atoms with van der Waals surface area (Å²) in [5.41, 5.74) is 0.562. The van der Waals surface area contributed by atoms with Crippen LogP contribution >= 0.6 is 0 Å². The zero-order valence-corrected chi connectivity index (χ0v) is 11.2. The zero-order valence-electron chi connectivity index (χ0n) is 11.2. The number of carbonyl (C=O) groups is 2. The van der Waals surface area contributed by atoms with E-state index in [1.807, 2.05) is 25.1 Å². The van der Waals surface area contributed by atoms with Gasteiger partial charge in [0, 0.05) is 18.8 Å². The van der Waals surface area contributed by atoms with Crippen molar-refractivity contribution in [2.45, 2.75) is 0 Å². The maximum atomic E-state index is 12.0. The summed E-state index contributed by atoms with van der Waals surface area (Å²) in [7, 11) is 3.80. The van der Waals surface area contributed by atoms with Gasteiger partial charge in [-0.05, 0) is 26.2 Å². The standard InChI is InChI=1S/C13H19N3O3/c1-15(2)9-8-14-13(19)16(10-12(17)18)11-6-4-3-5-7-11/h3-7H,8-10H2,1-2H3,(H,14,19)(H,17,18). The Kier molecular flexibility index (Phi) is 5.81. The normalized spacial score (nSPS) is 10.3. The highest BCUT2D eigenvalue weighted by molar-refractivity contribution is 5.96. The van der Waals surface area contributed by atoms with Gasteiger partial charge in [0.15, 0.2) is 0 Å². The lowest BCUT2D eigenvalue weighted by Gasteiger charge is -2.21. The Morgan fingerprint density at radius 1 is 1.21 bits per heavy atom. The quantitative estimate of drug-likeness (QED) is 0.799. The van der Waals surface area contributed by atoms with Gasteiger partial charge in [-0.1, -0.05) is 18.2 Å². The molecule has 0 saturated carbocycles. The number of hydrogen-bond acceptors (Lipinski definition) is 3. The molecule has 0 fully saturated rings. The van der Waals surface area contributed by atoms with Crippen LogP contribution < -0.4 is 10.2 Å². The molecule has 6 nitrogen and oxygen atoms in total. The summed E-state index contributed by atoms with van der Waals surface area (Å²) in [6.45, 7) is 0.800. The van der Waals surface area contributed by atoms with E-state index in [-0.39, 0.29) is 6.54 Å². The summed E-state index contributed by atoms with van der Waals surface area (Å²) in [6.07, 6.45) is 0. The topological polar surface area (TPSA) is 72.9 Å². The number of hydrogen-bond donors (Lipinski definition) is 2. The second-order valence-corrected chi connectivity index (χ2v) is 4.35. The lowest BCUT2D eigenvalue weighted by atomic mass is 10.3. The van der Waals surface area contributed by atoms with E-state index in [2.05, 4.69) is 5.32 Å². The van der Waals surface area contributed by atoms with Crippen LogP contribution in [0.25, 0.3) is 0 Å². The first-order valence-corrected chi connectivity index (χ1v) is 5.97. The molecule has 0 bridgehead atoms. The molecule has 0 aliphatic carbocycles. The van der Waals surface area contributed by atoms with Crippen LogP contribution in [0, 0.1) is 0 Å². The number of urea groups is 1. The largest absolute Gasteiger partial charge is 0.480 e. The van der Waals surface area contributed by atoms with Crippen molar-refractivity contribution in [2.24, 2.45) is 0 Å². The summed E-state index contributed by atoms with van der Waals surface area (Å²) >= 11 is 0. The average Bonchev–Trinajstić information content (AvgIpc) is 2.36. The van der Waals surface area contributed by atoms with Gasteiger partial charge in [0.25, 0.3) is 0 Å². The molecule has 0 aliphatic rings. The van der Waals surface area contributed by atoms with Crippen LogP contribution in [0.1, 0.15) is 0 Å². The van der Waals surface area contributed by atoms with Crippen molar-refractivity contribution in [1.82, 2.24) is 10.2 Å². The molecular formula is C13H19N3O3. The number of anilines is 1. The number of nitrogens with zero attached hydrogens (tertiary/aromatic N) is 2. The van der Waals surface area contributed by atoms with Crippen molar-refractivity contribution >= 4 is 17.7 Å². The Bertz CT molecular complexity index is 420. The Morgan fingerprint density at radius 2 is 1.84 bits per heavy atom. The molecule has 0 unspecified atom stereocenters. The minimum atomic E-state index is -1.05. The van der Waals surface area contributed by atoms with Gasteiger partial charge in [-0.15, -0.1) is 0 Å². The Labute approximate surface area is 112 Å². The second kappa shape index (κ2) is 7.38. The van der Waals surface area contributed by atoms with Crippen LogP contribution in [0.5, 0.6) is 0 Å². The van der Waals surface area contributed by atoms with Gasteiger partial charge in [-0.3, -0.25) is 9.69 Å². The molecule has 2 amide bonds. The van der Waals surface area contributed by atoms with Crippen molar-refractivity contribution in [3.8, 4) is 0 Å². The molecule has 0 saturated heterocycles. The van der Waals surface area contributed by atoms with Gasteiger partial charge in [-0.25, -0.2) is 4.79 Å². The predicted octanol–water partition coefficient (Wildman–Crippen LogP) is 0.849. The maximum absolute atomic E-state index is 12.0. The molecule has 19 heavy (non-hydrogen) atoms. The predicted molar refractivity (Wildman–Crippen MR) is 73.4 cm³/mol. The van der Waals surface area contributed by atoms with E-state index in [9.17, 15) is 9.59 Å². The van der Waals surface area contributed by atoms with Crippen LogP contribution in [0.2, 0.25) is 0 Å². The lowest BCUT2D eigenvalue weighted by molar-refractivity contribution is -0.135. The number of carbonyl (C=O) groups excluding carboxylic acids is 1. The summed E-state index contributed by atoms with van der Waals surface area (Å²) in [4.78, 5) is 26.0. The smallest absolute Gasteiger partial charge is 0.323 e. The third-order valence-corrected chi connectivity index (χ3v) is 2.44. The molecule has 104 valence electrons. The first kappa shape index (κ1) is 15.0. The number of likely N-dealkylation sites (N-methyl/N-ethyl adjacent to an activating group) is 1. The van der Waals surface area contributed by atoms with Crippen molar-refractivity contribution in [1.29, 1.82) is 0 Å². The first-order valence-electron chi connectivity index (χ1n) is 5.97. The maximum Gasteiger partial charge on any atom is 0.323 e. The number of nitrogens with one attached hydrogen (secondary N) is 1. The number of carboxylic acid groups (broad SMARTS) is 1. The van der Waals surface area contributed by atoms with E-state index in [1.165, 1.54) is 4.90 Å². The molecule has 2 N–H and O–H groups in total. The van der Waals surface area contributed by atoms with Crippen LogP contribution in [-0.4, -0.2) is 55.7 Å². The summed E-state index contributed by atoms with van der Waals surface area (Å²) in [5.74, 6) is -1.05. The van der Waals surface area contributed by atoms with Crippen molar-refractivity contribution in [2.75, 3.05) is 38.6 Å². The summed E-state index contributed by atoms with van der Waals surface area (Å²) < 4.78 is 0. The highest BCUT2D eigenvalue weighted by Gasteiger charge is 2.17. The molecule has 0 aromatic heterocycles. The van der Waals surface area contributed by atoms with Crippen molar-refractivity contribution < 1.29 is 14.7 Å². The molecule has 0 radical (unpaired) electrons. The molecule has 0 aliphatic heterocycles. The van der Waals surface area contributed by atoms with Gasteiger partial charge in [0.05, 0.1) is 0 Å². The fourth-order valence-electron chi connectivity index (χ4n) is 1.51. The van der Waals surface area contributed by atoms with Crippen molar-refractivity contribution in [3.63, 3.8) is 0 Å². The molecule has 1 aromatic rings. The van der Waals surface area contributed by atoms with Crippen LogP contribution in [0.3, 0.4) is 0 Å². The Hall–Kier alpha value is -2.08. The molecule has 0 heterocycles. The average molecular weight is 265 g/mol. The Balaban J connectivity index is 2.69. The number of carboxylic acids is 1. The van der Waals surface area contributed by atoms with E-state index in [0.717, 1.165) is 0 Å². The van der Waals surface area contributed by atoms with Gasteiger partial charge >= 0.3 is 12.0 Å². The third-order valence-electron chi connectivity index (χ3n) is 2.44. The number of para-hydroxylation sites is 1.